The van der Waals surface area contributed by atoms with Crippen molar-refractivity contribution in [3.8, 4) is 11.3 Å². The van der Waals surface area contributed by atoms with Crippen LogP contribution < -0.4 is 4.90 Å². The second kappa shape index (κ2) is 11.2. The molecule has 220 valence electrons. The molecule has 12 heteroatoms. The Kier molecular flexibility index (Phi) is 7.35. The molecule has 9 nitrogen and oxygen atoms in total. The fraction of sp³-hybridized carbons (Fsp3) is 0.400. The van der Waals surface area contributed by atoms with Crippen LogP contribution >= 0.6 is 11.3 Å². The highest BCUT2D eigenvalue weighted by atomic mass is 32.2. The molecule has 42 heavy (non-hydrogen) atoms. The van der Waals surface area contributed by atoms with E-state index in [1.807, 2.05) is 18.3 Å². The Morgan fingerprint density at radius 1 is 1.05 bits per heavy atom. The predicted octanol–water partition coefficient (Wildman–Crippen LogP) is 3.39. The molecule has 2 aromatic carbocycles. The van der Waals surface area contributed by atoms with E-state index in [2.05, 4.69) is 30.4 Å². The first-order valence-corrected chi connectivity index (χ1v) is 16.6. The van der Waals surface area contributed by atoms with Gasteiger partial charge in [-0.3, -0.25) is 4.90 Å². The number of hydrogen-bond donors (Lipinski definition) is 1. The maximum absolute atomic E-state index is 13.9. The largest absolute Gasteiger partial charge is 0.392 e. The highest BCUT2D eigenvalue weighted by Crippen LogP contribution is 2.36. The third-order valence-corrected chi connectivity index (χ3v) is 12.1. The van der Waals surface area contributed by atoms with Crippen LogP contribution in [0.15, 0.2) is 65.4 Å². The Morgan fingerprint density at radius 3 is 2.76 bits per heavy atom. The highest BCUT2D eigenvalue weighted by Gasteiger charge is 2.37. The SMILES string of the molecule is O=S(=O)(c1cnc(N2CCN3C[C@H](O)C[C@H]3C2)s1)N1CCc2cccc(-c3cncn3CCc3ccc(F)cc3)c2C1. The second-order valence-corrected chi connectivity index (χ2v) is 14.5. The van der Waals surface area contributed by atoms with E-state index in [0.717, 1.165) is 65.6 Å². The molecule has 3 aliphatic rings. The minimum absolute atomic E-state index is 0.250. The van der Waals surface area contributed by atoms with Gasteiger partial charge in [0.25, 0.3) is 10.0 Å². The van der Waals surface area contributed by atoms with Gasteiger partial charge in [0.05, 0.1) is 30.5 Å². The molecule has 3 aliphatic heterocycles. The normalized spacial score (nSPS) is 21.4. The number of aliphatic hydroxyl groups excluding tert-OH is 1. The van der Waals surface area contributed by atoms with E-state index >= 15 is 0 Å². The molecule has 2 aromatic heterocycles. The molecule has 5 heterocycles. The number of aliphatic hydroxyl groups is 1. The van der Waals surface area contributed by atoms with Gasteiger partial charge in [0.2, 0.25) is 0 Å². The van der Waals surface area contributed by atoms with Gasteiger partial charge in [0.1, 0.15) is 5.82 Å². The summed E-state index contributed by atoms with van der Waals surface area (Å²) in [6.07, 6.45) is 6.92. The van der Waals surface area contributed by atoms with E-state index in [-0.39, 0.29) is 28.7 Å². The molecule has 0 spiro atoms. The molecule has 0 aliphatic carbocycles. The molecular formula is C30H33FN6O3S2. The van der Waals surface area contributed by atoms with Crippen molar-refractivity contribution in [3.63, 3.8) is 0 Å². The molecule has 4 aromatic rings. The van der Waals surface area contributed by atoms with E-state index < -0.39 is 10.0 Å². The van der Waals surface area contributed by atoms with Crippen LogP contribution in [0.2, 0.25) is 0 Å². The minimum atomic E-state index is -3.74. The molecule has 0 bridgehead atoms. The molecule has 0 unspecified atom stereocenters. The Bertz CT molecular complexity index is 1690. The molecule has 2 fully saturated rings. The molecule has 0 saturated carbocycles. The summed E-state index contributed by atoms with van der Waals surface area (Å²) in [6, 6.07) is 12.9. The molecule has 0 radical (unpaired) electrons. The Morgan fingerprint density at radius 2 is 1.90 bits per heavy atom. The first kappa shape index (κ1) is 27.7. The number of piperazine rings is 1. The van der Waals surface area contributed by atoms with Crippen LogP contribution in [0.25, 0.3) is 11.3 Å². The van der Waals surface area contributed by atoms with Crippen molar-refractivity contribution in [2.24, 2.45) is 0 Å². The third-order valence-electron chi connectivity index (χ3n) is 8.71. The summed E-state index contributed by atoms with van der Waals surface area (Å²) >= 11 is 1.23. The standard InChI is InChI=1S/C30H33FN6O3S2/c31-23-6-4-21(5-7-23)8-10-36-20-32-15-28(36)26-3-1-2-22-9-11-37(19-27(22)26)42(39,40)29-16-33-30(41-29)35-13-12-34-18-25(38)14-24(34)17-35/h1-7,15-16,20,24-25,38H,8-14,17-19H2/t24-,25+/m0/s1. The van der Waals surface area contributed by atoms with Crippen molar-refractivity contribution in [3.05, 3.63) is 83.7 Å². The van der Waals surface area contributed by atoms with Crippen molar-refractivity contribution in [2.75, 3.05) is 37.6 Å². The van der Waals surface area contributed by atoms with Crippen LogP contribution in [-0.2, 0) is 36.0 Å². The molecular weight excluding hydrogens is 576 g/mol. The third kappa shape index (κ3) is 5.26. The van der Waals surface area contributed by atoms with Gasteiger partial charge in [-0.1, -0.05) is 41.7 Å². The van der Waals surface area contributed by atoms with E-state index in [4.69, 9.17) is 0 Å². The summed E-state index contributed by atoms with van der Waals surface area (Å²) in [5, 5.41) is 10.8. The number of aromatic nitrogens is 3. The maximum atomic E-state index is 13.9. The molecule has 2 atom stereocenters. The number of hydrogen-bond acceptors (Lipinski definition) is 8. The van der Waals surface area contributed by atoms with Crippen LogP contribution in [0.5, 0.6) is 0 Å². The highest BCUT2D eigenvalue weighted by molar-refractivity contribution is 7.91. The van der Waals surface area contributed by atoms with Crippen LogP contribution in [0, 0.1) is 5.82 Å². The number of fused-ring (bicyclic) bond motifs is 2. The monoisotopic (exact) mass is 608 g/mol. The number of thiazole rings is 1. The summed E-state index contributed by atoms with van der Waals surface area (Å²) in [5.74, 6) is -0.250. The zero-order chi connectivity index (χ0) is 28.8. The number of nitrogens with zero attached hydrogens (tertiary/aromatic N) is 6. The summed E-state index contributed by atoms with van der Waals surface area (Å²) in [5.41, 5.74) is 5.09. The van der Waals surface area contributed by atoms with E-state index in [0.29, 0.717) is 26.1 Å². The Balaban J connectivity index is 1.10. The number of imidazole rings is 1. The lowest BCUT2D eigenvalue weighted by molar-refractivity contribution is 0.173. The van der Waals surface area contributed by atoms with E-state index in [9.17, 15) is 17.9 Å². The second-order valence-electron chi connectivity index (χ2n) is 11.3. The van der Waals surface area contributed by atoms with Crippen LogP contribution in [-0.4, -0.2) is 82.1 Å². The number of benzene rings is 2. The number of aryl methyl sites for hydroxylation is 2. The van der Waals surface area contributed by atoms with Gasteiger partial charge in [-0.25, -0.2) is 22.8 Å². The van der Waals surface area contributed by atoms with Crippen molar-refractivity contribution < 1.29 is 17.9 Å². The fourth-order valence-electron chi connectivity index (χ4n) is 6.46. The van der Waals surface area contributed by atoms with Gasteiger partial charge in [-0.05, 0) is 48.1 Å². The smallest absolute Gasteiger partial charge is 0.254 e. The zero-order valence-corrected chi connectivity index (χ0v) is 24.8. The number of rotatable bonds is 7. The lowest BCUT2D eigenvalue weighted by Gasteiger charge is -2.37. The Hall–Kier alpha value is -3.16. The number of anilines is 1. The van der Waals surface area contributed by atoms with Crippen molar-refractivity contribution in [1.29, 1.82) is 0 Å². The van der Waals surface area contributed by atoms with Crippen molar-refractivity contribution >= 4 is 26.5 Å². The van der Waals surface area contributed by atoms with Gasteiger partial charge < -0.3 is 14.6 Å². The average molecular weight is 609 g/mol. The van der Waals surface area contributed by atoms with E-state index in [1.165, 1.54) is 29.7 Å². The van der Waals surface area contributed by atoms with Gasteiger partial charge in [-0.15, -0.1) is 0 Å². The fourth-order valence-corrected chi connectivity index (χ4v) is 9.18. The molecule has 7 rings (SSSR count). The quantitative estimate of drug-likeness (QED) is 0.344. The first-order valence-electron chi connectivity index (χ1n) is 14.3. The zero-order valence-electron chi connectivity index (χ0n) is 23.1. The molecule has 2 saturated heterocycles. The topological polar surface area (TPSA) is 94.8 Å². The van der Waals surface area contributed by atoms with Gasteiger partial charge >= 0.3 is 0 Å². The number of sulfonamides is 1. The first-order chi connectivity index (χ1) is 20.3. The van der Waals surface area contributed by atoms with Crippen molar-refractivity contribution in [2.45, 2.75) is 48.7 Å². The summed E-state index contributed by atoms with van der Waals surface area (Å²) in [7, 11) is -3.74. The number of halogens is 1. The average Bonchev–Trinajstić information content (AvgIpc) is 3.75. The van der Waals surface area contributed by atoms with Gasteiger partial charge in [0, 0.05) is 57.4 Å². The summed E-state index contributed by atoms with van der Waals surface area (Å²) < 4.78 is 45.0. The van der Waals surface area contributed by atoms with Crippen LogP contribution in [0.3, 0.4) is 0 Å². The van der Waals surface area contributed by atoms with Crippen LogP contribution in [0.4, 0.5) is 9.52 Å². The van der Waals surface area contributed by atoms with Gasteiger partial charge in [0.15, 0.2) is 9.34 Å². The Labute approximate surface area is 248 Å². The van der Waals surface area contributed by atoms with E-state index in [1.54, 1.807) is 22.8 Å². The summed E-state index contributed by atoms with van der Waals surface area (Å²) in [6.45, 7) is 4.44. The summed E-state index contributed by atoms with van der Waals surface area (Å²) in [4.78, 5) is 13.4. The van der Waals surface area contributed by atoms with Crippen molar-refractivity contribution in [1.82, 2.24) is 23.7 Å². The van der Waals surface area contributed by atoms with Gasteiger partial charge in [-0.2, -0.15) is 4.31 Å². The lowest BCUT2D eigenvalue weighted by atomic mass is 9.94. The molecule has 0 amide bonds. The maximum Gasteiger partial charge on any atom is 0.254 e. The van der Waals surface area contributed by atoms with Crippen LogP contribution in [0.1, 0.15) is 23.1 Å². The molecule has 1 N–H and O–H groups in total. The minimum Gasteiger partial charge on any atom is -0.392 e. The lowest BCUT2D eigenvalue weighted by Crippen LogP contribution is -2.50. The predicted molar refractivity (Wildman–Crippen MR) is 159 cm³/mol.